The number of fused-ring (bicyclic) bond motifs is 3. The van der Waals surface area contributed by atoms with Crippen LogP contribution in [0.3, 0.4) is 0 Å². The van der Waals surface area contributed by atoms with Crippen LogP contribution in [0, 0.1) is 12.7 Å². The molecule has 0 unspecified atom stereocenters. The number of para-hydroxylation sites is 1. The minimum Gasteiger partial charge on any atom is -0.272 e. The Bertz CT molecular complexity index is 1580. The molecule has 3 aromatic carbocycles. The second kappa shape index (κ2) is 7.76. The number of hydrogen-bond acceptors (Lipinski definition) is 3. The fourth-order valence-corrected chi connectivity index (χ4v) is 4.05. The maximum absolute atomic E-state index is 14.4. The second-order valence-corrected chi connectivity index (χ2v) is 8.08. The Morgan fingerprint density at radius 3 is 2.44 bits per heavy atom. The summed E-state index contributed by atoms with van der Waals surface area (Å²) in [6.45, 7) is 2.07. The molecule has 32 heavy (non-hydrogen) atoms. The third kappa shape index (κ3) is 3.31. The lowest BCUT2D eigenvalue weighted by Gasteiger charge is -2.10. The van der Waals surface area contributed by atoms with E-state index in [4.69, 9.17) is 11.6 Å². The van der Waals surface area contributed by atoms with E-state index < -0.39 is 11.5 Å². The summed E-state index contributed by atoms with van der Waals surface area (Å²) in [5.41, 5.74) is 1.88. The molecular weight excluding hydrogens is 431 g/mol. The molecule has 0 spiro atoms. The topological polar surface area (TPSA) is 61.3 Å². The van der Waals surface area contributed by atoms with E-state index in [9.17, 15) is 14.0 Å². The third-order valence-electron chi connectivity index (χ3n) is 5.52. The van der Waals surface area contributed by atoms with Crippen molar-refractivity contribution in [2.24, 2.45) is 0 Å². The van der Waals surface area contributed by atoms with Crippen molar-refractivity contribution in [1.82, 2.24) is 18.7 Å². The van der Waals surface area contributed by atoms with Gasteiger partial charge in [-0.2, -0.15) is 0 Å². The van der Waals surface area contributed by atoms with Crippen molar-refractivity contribution in [3.63, 3.8) is 0 Å². The van der Waals surface area contributed by atoms with Crippen LogP contribution in [0.1, 0.15) is 16.7 Å². The Morgan fingerprint density at radius 2 is 1.69 bits per heavy atom. The van der Waals surface area contributed by atoms with Gasteiger partial charge >= 0.3 is 5.69 Å². The van der Waals surface area contributed by atoms with Gasteiger partial charge in [-0.05, 0) is 36.8 Å². The highest BCUT2D eigenvalue weighted by Gasteiger charge is 2.19. The van der Waals surface area contributed by atoms with E-state index in [1.54, 1.807) is 30.3 Å². The molecule has 0 N–H and O–H groups in total. The average molecular weight is 449 g/mol. The maximum atomic E-state index is 14.4. The summed E-state index contributed by atoms with van der Waals surface area (Å²) < 4.78 is 18.3. The van der Waals surface area contributed by atoms with Gasteiger partial charge in [0.15, 0.2) is 0 Å². The van der Waals surface area contributed by atoms with Gasteiger partial charge in [0.1, 0.15) is 5.82 Å². The molecule has 0 saturated heterocycles. The molecule has 5 rings (SSSR count). The van der Waals surface area contributed by atoms with Crippen LogP contribution in [0.5, 0.6) is 0 Å². The predicted octanol–water partition coefficient (Wildman–Crippen LogP) is 4.01. The molecule has 0 saturated carbocycles. The van der Waals surface area contributed by atoms with Gasteiger partial charge < -0.3 is 0 Å². The molecule has 0 atom stereocenters. The van der Waals surface area contributed by atoms with Gasteiger partial charge in [0.2, 0.25) is 5.78 Å². The van der Waals surface area contributed by atoms with Gasteiger partial charge in [-0.3, -0.25) is 9.36 Å². The summed E-state index contributed by atoms with van der Waals surface area (Å²) in [6, 6.07) is 19.0. The summed E-state index contributed by atoms with van der Waals surface area (Å²) in [7, 11) is 0. The molecule has 0 aliphatic heterocycles. The van der Waals surface area contributed by atoms with Crippen LogP contribution in [0.15, 0.2) is 76.3 Å². The summed E-state index contributed by atoms with van der Waals surface area (Å²) in [5.74, 6) is -0.338. The lowest BCUT2D eigenvalue weighted by Crippen LogP contribution is -2.27. The number of benzene rings is 3. The van der Waals surface area contributed by atoms with Crippen LogP contribution in [0.25, 0.3) is 16.7 Å². The second-order valence-electron chi connectivity index (χ2n) is 7.67. The van der Waals surface area contributed by atoms with Gasteiger partial charge in [-0.25, -0.2) is 18.3 Å². The minimum absolute atomic E-state index is 0.154. The SMILES string of the molecule is Cc1ccc(Cn2c(=O)c3ccccc3n3c(=O)n(Cc4c(F)cccc4Cl)nc23)cc1. The average Bonchev–Trinajstić information content (AvgIpc) is 3.11. The first-order valence-electron chi connectivity index (χ1n) is 10.0. The molecule has 2 heterocycles. The molecule has 0 aliphatic carbocycles. The summed E-state index contributed by atoms with van der Waals surface area (Å²) in [6.07, 6.45) is 0. The molecule has 2 aromatic heterocycles. The van der Waals surface area contributed by atoms with E-state index >= 15 is 0 Å². The standard InChI is InChI=1S/C24H18ClFN4O2/c1-15-9-11-16(12-10-15)13-28-22(31)17-5-2-3-8-21(17)30-23(28)27-29(24(30)32)14-18-19(25)6-4-7-20(18)26/h2-12H,13-14H2,1H3. The highest BCUT2D eigenvalue weighted by Crippen LogP contribution is 2.20. The molecular formula is C24H18ClFN4O2. The van der Waals surface area contributed by atoms with Gasteiger partial charge in [-0.15, -0.1) is 5.10 Å². The molecule has 8 heteroatoms. The first-order chi connectivity index (χ1) is 15.4. The quantitative estimate of drug-likeness (QED) is 0.417. The fourth-order valence-electron chi connectivity index (χ4n) is 3.82. The Morgan fingerprint density at radius 1 is 0.938 bits per heavy atom. The van der Waals surface area contributed by atoms with Crippen LogP contribution >= 0.6 is 11.6 Å². The molecule has 5 aromatic rings. The van der Waals surface area contributed by atoms with Crippen molar-refractivity contribution in [2.45, 2.75) is 20.0 Å². The molecule has 6 nitrogen and oxygen atoms in total. The van der Waals surface area contributed by atoms with E-state index in [1.807, 2.05) is 31.2 Å². The monoisotopic (exact) mass is 448 g/mol. The number of aromatic nitrogens is 4. The van der Waals surface area contributed by atoms with Crippen LogP contribution in [-0.2, 0) is 13.1 Å². The summed E-state index contributed by atoms with van der Waals surface area (Å²) in [4.78, 5) is 26.6. The van der Waals surface area contributed by atoms with Crippen molar-refractivity contribution < 1.29 is 4.39 Å². The number of aryl methyl sites for hydroxylation is 1. The highest BCUT2D eigenvalue weighted by atomic mass is 35.5. The minimum atomic E-state index is -0.525. The van der Waals surface area contributed by atoms with Crippen LogP contribution in [0.2, 0.25) is 5.02 Å². The molecule has 160 valence electrons. The van der Waals surface area contributed by atoms with Gasteiger partial charge in [0.05, 0.1) is 24.0 Å². The summed E-state index contributed by atoms with van der Waals surface area (Å²) in [5, 5.41) is 5.02. The molecule has 0 aliphatic rings. The van der Waals surface area contributed by atoms with Crippen molar-refractivity contribution in [1.29, 1.82) is 0 Å². The zero-order valence-corrected chi connectivity index (χ0v) is 17.9. The number of halogens is 2. The van der Waals surface area contributed by atoms with Gasteiger partial charge in [0.25, 0.3) is 5.56 Å². The Kier molecular flexibility index (Phi) is 4.90. The molecule has 0 radical (unpaired) electrons. The Balaban J connectivity index is 1.77. The highest BCUT2D eigenvalue weighted by molar-refractivity contribution is 6.31. The van der Waals surface area contributed by atoms with Crippen LogP contribution < -0.4 is 11.2 Å². The zero-order valence-electron chi connectivity index (χ0n) is 17.1. The van der Waals surface area contributed by atoms with Crippen LogP contribution in [-0.4, -0.2) is 18.7 Å². The molecule has 0 bridgehead atoms. The number of hydrogen-bond donors (Lipinski definition) is 0. The normalized spacial score (nSPS) is 11.5. The third-order valence-corrected chi connectivity index (χ3v) is 5.87. The zero-order chi connectivity index (χ0) is 22.4. The maximum Gasteiger partial charge on any atom is 0.352 e. The molecule has 0 amide bonds. The first kappa shape index (κ1) is 20.2. The lowest BCUT2D eigenvalue weighted by molar-refractivity contribution is 0.578. The first-order valence-corrected chi connectivity index (χ1v) is 10.4. The van der Waals surface area contributed by atoms with Crippen LogP contribution in [0.4, 0.5) is 4.39 Å². The van der Waals surface area contributed by atoms with Gasteiger partial charge in [0, 0.05) is 10.6 Å². The fraction of sp³-hybridized carbons (Fsp3) is 0.125. The number of rotatable bonds is 4. The van der Waals surface area contributed by atoms with Crippen molar-refractivity contribution in [3.05, 3.63) is 115 Å². The summed E-state index contributed by atoms with van der Waals surface area (Å²) >= 11 is 6.16. The van der Waals surface area contributed by atoms with E-state index in [1.165, 1.54) is 21.1 Å². The largest absolute Gasteiger partial charge is 0.352 e. The van der Waals surface area contributed by atoms with E-state index in [0.717, 1.165) is 15.8 Å². The van der Waals surface area contributed by atoms with Gasteiger partial charge in [-0.1, -0.05) is 59.6 Å². The molecule has 0 fully saturated rings. The Hall–Kier alpha value is -3.71. The van der Waals surface area contributed by atoms with Crippen molar-refractivity contribution >= 4 is 28.3 Å². The smallest absolute Gasteiger partial charge is 0.272 e. The number of nitrogens with zero attached hydrogens (tertiary/aromatic N) is 4. The van der Waals surface area contributed by atoms with E-state index in [0.29, 0.717) is 10.9 Å². The lowest BCUT2D eigenvalue weighted by atomic mass is 10.1. The Labute approximate surface area is 186 Å². The van der Waals surface area contributed by atoms with E-state index in [-0.39, 0.29) is 35.0 Å². The van der Waals surface area contributed by atoms with Crippen molar-refractivity contribution in [3.8, 4) is 0 Å². The van der Waals surface area contributed by atoms with Crippen molar-refractivity contribution in [2.75, 3.05) is 0 Å². The predicted molar refractivity (Wildman–Crippen MR) is 122 cm³/mol. The van der Waals surface area contributed by atoms with E-state index in [2.05, 4.69) is 5.10 Å².